The predicted octanol–water partition coefficient (Wildman–Crippen LogP) is 3.16. The number of halogens is 2. The number of sulfonamides is 1. The normalized spacial score (nSPS) is 15.9. The molecule has 0 radical (unpaired) electrons. The van der Waals surface area contributed by atoms with E-state index in [1.54, 1.807) is 6.07 Å². The van der Waals surface area contributed by atoms with Crippen molar-refractivity contribution in [2.75, 3.05) is 11.0 Å². The Morgan fingerprint density at radius 1 is 1.47 bits per heavy atom. The highest BCUT2D eigenvalue weighted by Crippen LogP contribution is 2.42. The van der Waals surface area contributed by atoms with Gasteiger partial charge in [0.1, 0.15) is 0 Å². The second-order valence-corrected chi connectivity index (χ2v) is 7.66. The van der Waals surface area contributed by atoms with Crippen LogP contribution in [0, 0.1) is 0 Å². The third-order valence-electron chi connectivity index (χ3n) is 2.93. The first-order chi connectivity index (χ1) is 8.87. The smallest absolute Gasteiger partial charge is 0.231 e. The number of anilines is 1. The lowest BCUT2D eigenvalue weighted by molar-refractivity contribution is 0.606. The quantitative estimate of drug-likeness (QED) is 0.910. The van der Waals surface area contributed by atoms with Gasteiger partial charge < -0.3 is 0 Å². The lowest BCUT2D eigenvalue weighted by Crippen LogP contribution is -2.10. The molecule has 0 bridgehead atoms. The summed E-state index contributed by atoms with van der Waals surface area (Å²) in [5.41, 5.74) is 0.834. The zero-order valence-corrected chi connectivity index (χ0v) is 13.2. The van der Waals surface area contributed by atoms with Crippen LogP contribution in [0.5, 0.6) is 0 Å². The van der Waals surface area contributed by atoms with E-state index in [4.69, 9.17) is 11.6 Å². The van der Waals surface area contributed by atoms with Crippen LogP contribution in [0.3, 0.4) is 0 Å². The SMILES string of the molecule is CS(=O)(=O)Nc1nn(C2CC2)c2c(Br)ccc(Cl)c12. The average molecular weight is 365 g/mol. The zero-order valence-electron chi connectivity index (χ0n) is 10.0. The van der Waals surface area contributed by atoms with Crippen molar-refractivity contribution in [1.29, 1.82) is 0 Å². The molecule has 1 aliphatic carbocycles. The molecule has 3 rings (SSSR count). The second-order valence-electron chi connectivity index (χ2n) is 4.65. The summed E-state index contributed by atoms with van der Waals surface area (Å²) < 4.78 is 28.0. The van der Waals surface area contributed by atoms with Crippen molar-refractivity contribution in [2.45, 2.75) is 18.9 Å². The Balaban J connectivity index is 2.30. The fourth-order valence-electron chi connectivity index (χ4n) is 2.03. The van der Waals surface area contributed by atoms with Crippen LogP contribution < -0.4 is 4.72 Å². The second kappa shape index (κ2) is 4.36. The molecule has 5 nitrogen and oxygen atoms in total. The summed E-state index contributed by atoms with van der Waals surface area (Å²) in [6.45, 7) is 0. The maximum Gasteiger partial charge on any atom is 0.231 e. The van der Waals surface area contributed by atoms with Gasteiger partial charge in [0.2, 0.25) is 10.0 Å². The van der Waals surface area contributed by atoms with Crippen molar-refractivity contribution < 1.29 is 8.42 Å². The summed E-state index contributed by atoms with van der Waals surface area (Å²) in [4.78, 5) is 0. The number of nitrogens with zero attached hydrogens (tertiary/aromatic N) is 2. The molecule has 19 heavy (non-hydrogen) atoms. The number of aromatic nitrogens is 2. The Bertz CT molecular complexity index is 768. The van der Waals surface area contributed by atoms with Crippen LogP contribution in [0.2, 0.25) is 5.02 Å². The number of hydrogen-bond donors (Lipinski definition) is 1. The van der Waals surface area contributed by atoms with Crippen molar-refractivity contribution >= 4 is 54.3 Å². The van der Waals surface area contributed by atoms with Gasteiger partial charge in [0, 0.05) is 4.47 Å². The molecule has 0 amide bonds. The van der Waals surface area contributed by atoms with E-state index in [1.807, 2.05) is 10.7 Å². The standard InChI is InChI=1S/C11H11BrClN3O2S/c1-19(17,18)15-11-9-8(13)5-4-7(12)10(9)16(14-11)6-2-3-6/h4-6H,2-3H2,1H3,(H,14,15). The van der Waals surface area contributed by atoms with Crippen LogP contribution in [-0.4, -0.2) is 24.5 Å². The van der Waals surface area contributed by atoms with E-state index in [1.165, 1.54) is 0 Å². The first kappa shape index (κ1) is 13.2. The molecule has 102 valence electrons. The molecule has 0 aliphatic heterocycles. The molecule has 8 heteroatoms. The third kappa shape index (κ3) is 2.46. The summed E-state index contributed by atoms with van der Waals surface area (Å²) in [7, 11) is -3.39. The molecule has 0 unspecified atom stereocenters. The van der Waals surface area contributed by atoms with Crippen LogP contribution in [0.4, 0.5) is 5.82 Å². The fraction of sp³-hybridized carbons (Fsp3) is 0.364. The average Bonchev–Trinajstić information content (AvgIpc) is 3.05. The molecule has 1 N–H and O–H groups in total. The third-order valence-corrected chi connectivity index (χ3v) is 4.45. The molecule has 0 atom stereocenters. The van der Waals surface area contributed by atoms with Gasteiger partial charge in [-0.25, -0.2) is 8.42 Å². The van der Waals surface area contributed by atoms with Gasteiger partial charge >= 0.3 is 0 Å². The zero-order chi connectivity index (χ0) is 13.8. The van der Waals surface area contributed by atoms with Crippen LogP contribution >= 0.6 is 27.5 Å². The number of benzene rings is 1. The number of fused-ring (bicyclic) bond motifs is 1. The molecule has 1 aromatic heterocycles. The highest BCUT2D eigenvalue weighted by molar-refractivity contribution is 9.10. The van der Waals surface area contributed by atoms with Gasteiger partial charge in [-0.1, -0.05) is 11.6 Å². The van der Waals surface area contributed by atoms with Crippen LogP contribution in [-0.2, 0) is 10.0 Å². The van der Waals surface area contributed by atoms with Gasteiger partial charge in [-0.15, -0.1) is 0 Å². The summed E-state index contributed by atoms with van der Waals surface area (Å²) in [6, 6.07) is 3.89. The van der Waals surface area contributed by atoms with Gasteiger partial charge in [0.05, 0.1) is 28.2 Å². The minimum atomic E-state index is -3.39. The Labute approximate surface area is 124 Å². The van der Waals surface area contributed by atoms with E-state index in [0.717, 1.165) is 29.1 Å². The molecule has 1 aromatic carbocycles. The molecule has 1 heterocycles. The van der Waals surface area contributed by atoms with Gasteiger partial charge in [-0.05, 0) is 40.9 Å². The fourth-order valence-corrected chi connectivity index (χ4v) is 3.28. The summed E-state index contributed by atoms with van der Waals surface area (Å²) in [5, 5.41) is 5.49. The first-order valence-electron chi connectivity index (χ1n) is 5.71. The summed E-state index contributed by atoms with van der Waals surface area (Å²) in [5.74, 6) is 0.288. The lowest BCUT2D eigenvalue weighted by Gasteiger charge is -2.02. The molecular weight excluding hydrogens is 354 g/mol. The van der Waals surface area contributed by atoms with Crippen LogP contribution in [0.25, 0.3) is 10.9 Å². The highest BCUT2D eigenvalue weighted by Gasteiger charge is 2.29. The van der Waals surface area contributed by atoms with Gasteiger partial charge in [-0.3, -0.25) is 9.40 Å². The number of rotatable bonds is 3. The van der Waals surface area contributed by atoms with Crippen molar-refractivity contribution in [1.82, 2.24) is 9.78 Å². The summed E-state index contributed by atoms with van der Waals surface area (Å²) >= 11 is 9.67. The minimum absolute atomic E-state index is 0.288. The largest absolute Gasteiger partial charge is 0.266 e. The number of hydrogen-bond acceptors (Lipinski definition) is 3. The maximum atomic E-state index is 11.4. The molecular formula is C11H11BrClN3O2S. The maximum absolute atomic E-state index is 11.4. The molecule has 1 aliphatic rings. The molecule has 0 saturated heterocycles. The first-order valence-corrected chi connectivity index (χ1v) is 8.77. The van der Waals surface area contributed by atoms with Gasteiger partial charge in [-0.2, -0.15) is 5.10 Å². The Kier molecular flexibility index (Phi) is 3.03. The summed E-state index contributed by atoms with van der Waals surface area (Å²) in [6.07, 6.45) is 3.20. The van der Waals surface area contributed by atoms with E-state index in [0.29, 0.717) is 16.5 Å². The van der Waals surface area contributed by atoms with E-state index >= 15 is 0 Å². The van der Waals surface area contributed by atoms with E-state index in [9.17, 15) is 8.42 Å². The van der Waals surface area contributed by atoms with Crippen LogP contribution in [0.15, 0.2) is 16.6 Å². The van der Waals surface area contributed by atoms with Crippen LogP contribution in [0.1, 0.15) is 18.9 Å². The molecule has 1 fully saturated rings. The minimum Gasteiger partial charge on any atom is -0.266 e. The number of nitrogens with one attached hydrogen (secondary N) is 1. The van der Waals surface area contributed by atoms with Gasteiger partial charge in [0.25, 0.3) is 0 Å². The Morgan fingerprint density at radius 2 is 2.16 bits per heavy atom. The van der Waals surface area contributed by atoms with Crippen molar-refractivity contribution in [3.8, 4) is 0 Å². The Morgan fingerprint density at radius 3 is 2.74 bits per heavy atom. The Hall–Kier alpha value is -0.790. The highest BCUT2D eigenvalue weighted by atomic mass is 79.9. The van der Waals surface area contributed by atoms with E-state index in [2.05, 4.69) is 25.8 Å². The van der Waals surface area contributed by atoms with E-state index in [-0.39, 0.29) is 5.82 Å². The van der Waals surface area contributed by atoms with Crippen molar-refractivity contribution in [3.63, 3.8) is 0 Å². The monoisotopic (exact) mass is 363 g/mol. The molecule has 0 spiro atoms. The molecule has 2 aromatic rings. The topological polar surface area (TPSA) is 64.0 Å². The van der Waals surface area contributed by atoms with Gasteiger partial charge in [0.15, 0.2) is 5.82 Å². The van der Waals surface area contributed by atoms with E-state index < -0.39 is 10.0 Å². The van der Waals surface area contributed by atoms with Crippen molar-refractivity contribution in [2.24, 2.45) is 0 Å². The lowest BCUT2D eigenvalue weighted by atomic mass is 10.2. The van der Waals surface area contributed by atoms with Crippen molar-refractivity contribution in [3.05, 3.63) is 21.6 Å². The predicted molar refractivity (Wildman–Crippen MR) is 79.2 cm³/mol. The molecule has 1 saturated carbocycles.